The summed E-state index contributed by atoms with van der Waals surface area (Å²) in [5.74, 6) is 0.00592. The minimum atomic E-state index is -0.546. The summed E-state index contributed by atoms with van der Waals surface area (Å²) in [6.07, 6.45) is 6.62. The van der Waals surface area contributed by atoms with Crippen molar-refractivity contribution in [2.24, 2.45) is 5.92 Å². The van der Waals surface area contributed by atoms with Gasteiger partial charge in [-0.15, -0.1) is 0 Å². The Morgan fingerprint density at radius 2 is 1.75 bits per heavy atom. The number of para-hydroxylation sites is 2. The first kappa shape index (κ1) is 23.7. The summed E-state index contributed by atoms with van der Waals surface area (Å²) in [6, 6.07) is 16.3. The second-order valence-corrected chi connectivity index (χ2v) is 9.16. The first-order valence-corrected chi connectivity index (χ1v) is 12.2. The number of H-pyrrole nitrogens is 1. The van der Waals surface area contributed by atoms with Crippen molar-refractivity contribution in [3.63, 3.8) is 0 Å². The van der Waals surface area contributed by atoms with Gasteiger partial charge in [-0.3, -0.25) is 15.1 Å². The molecule has 4 aromatic rings. The zero-order chi connectivity index (χ0) is 24.9. The van der Waals surface area contributed by atoms with Gasteiger partial charge in [0.2, 0.25) is 0 Å². The highest BCUT2D eigenvalue weighted by molar-refractivity contribution is 6.35. The number of anilines is 3. The summed E-state index contributed by atoms with van der Waals surface area (Å²) in [4.78, 5) is 34.8. The van der Waals surface area contributed by atoms with Crippen LogP contribution in [0.2, 0.25) is 5.02 Å². The highest BCUT2D eigenvalue weighted by atomic mass is 35.5. The zero-order valence-electron chi connectivity index (χ0n) is 19.5. The molecule has 1 aliphatic rings. The fraction of sp³-hybridized carbons (Fsp3) is 0.222. The summed E-state index contributed by atoms with van der Waals surface area (Å²) >= 11 is 6.12. The predicted octanol–water partition coefficient (Wildman–Crippen LogP) is 5.93. The maximum absolute atomic E-state index is 12.9. The molecule has 3 N–H and O–H groups in total. The van der Waals surface area contributed by atoms with Gasteiger partial charge in [0.05, 0.1) is 23.0 Å². The minimum absolute atomic E-state index is 0.300. The summed E-state index contributed by atoms with van der Waals surface area (Å²) in [6.45, 7) is 2.17. The van der Waals surface area contributed by atoms with Crippen LogP contribution in [0.25, 0.3) is 10.9 Å². The molecule has 0 radical (unpaired) electrons. The Bertz CT molecular complexity index is 1370. The molecule has 184 valence electrons. The van der Waals surface area contributed by atoms with Crippen LogP contribution in [0.15, 0.2) is 73.2 Å². The summed E-state index contributed by atoms with van der Waals surface area (Å²) in [5.41, 5.74) is 3.35. The number of ether oxygens (including phenoxy) is 1. The van der Waals surface area contributed by atoms with Gasteiger partial charge < -0.3 is 19.9 Å². The smallest absolute Gasteiger partial charge is 0.411 e. The topological polar surface area (TPSA) is 99.4 Å². The second-order valence-electron chi connectivity index (χ2n) is 8.76. The third-order valence-electron chi connectivity index (χ3n) is 6.40. The van der Waals surface area contributed by atoms with Crippen molar-refractivity contribution in [1.82, 2.24) is 9.97 Å². The van der Waals surface area contributed by atoms with E-state index < -0.39 is 6.09 Å². The number of piperidine rings is 1. The molecular formula is C27H26ClN5O3. The van der Waals surface area contributed by atoms with E-state index >= 15 is 0 Å². The predicted molar refractivity (Wildman–Crippen MR) is 142 cm³/mol. The highest BCUT2D eigenvalue weighted by Crippen LogP contribution is 2.26. The van der Waals surface area contributed by atoms with Gasteiger partial charge in [0.25, 0.3) is 5.91 Å². The van der Waals surface area contributed by atoms with E-state index in [4.69, 9.17) is 16.3 Å². The fourth-order valence-corrected chi connectivity index (χ4v) is 4.60. The van der Waals surface area contributed by atoms with Gasteiger partial charge >= 0.3 is 6.09 Å². The number of carbonyl (C=O) groups excluding carboxylic acids is 2. The van der Waals surface area contributed by atoms with Gasteiger partial charge in [0.1, 0.15) is 0 Å². The number of aromatic amines is 1. The van der Waals surface area contributed by atoms with Gasteiger partial charge in [-0.2, -0.15) is 0 Å². The number of aromatic nitrogens is 2. The van der Waals surface area contributed by atoms with Crippen LogP contribution in [-0.4, -0.2) is 41.7 Å². The highest BCUT2D eigenvalue weighted by Gasteiger charge is 2.21. The van der Waals surface area contributed by atoms with Gasteiger partial charge in [0.15, 0.2) is 0 Å². The molecule has 9 heteroatoms. The molecule has 1 aliphatic heterocycles. The van der Waals surface area contributed by atoms with Crippen LogP contribution in [0.3, 0.4) is 0 Å². The second kappa shape index (κ2) is 10.7. The molecule has 36 heavy (non-hydrogen) atoms. The Balaban J connectivity index is 1.14. The maximum atomic E-state index is 12.9. The summed E-state index contributed by atoms with van der Waals surface area (Å²) in [7, 11) is 0. The van der Waals surface area contributed by atoms with Crippen LogP contribution in [0, 0.1) is 5.92 Å². The van der Waals surface area contributed by atoms with Crippen molar-refractivity contribution in [3.05, 3.63) is 83.8 Å². The lowest BCUT2D eigenvalue weighted by Crippen LogP contribution is -2.35. The number of fused-ring (bicyclic) bond motifs is 1. The Morgan fingerprint density at radius 3 is 2.50 bits per heavy atom. The van der Waals surface area contributed by atoms with Crippen LogP contribution >= 0.6 is 11.6 Å². The fourth-order valence-electron chi connectivity index (χ4n) is 4.38. The van der Waals surface area contributed by atoms with Crippen LogP contribution in [0.4, 0.5) is 21.9 Å². The molecule has 5 rings (SSSR count). The number of hydrogen-bond acceptors (Lipinski definition) is 5. The van der Waals surface area contributed by atoms with Crippen molar-refractivity contribution in [2.45, 2.75) is 12.8 Å². The number of rotatable bonds is 6. The lowest BCUT2D eigenvalue weighted by molar-refractivity contribution is 0.102. The van der Waals surface area contributed by atoms with Crippen molar-refractivity contribution < 1.29 is 14.3 Å². The number of nitrogens with zero attached hydrogens (tertiary/aromatic N) is 2. The van der Waals surface area contributed by atoms with Crippen LogP contribution in [0.1, 0.15) is 23.2 Å². The summed E-state index contributed by atoms with van der Waals surface area (Å²) < 4.78 is 5.51. The van der Waals surface area contributed by atoms with Gasteiger partial charge in [-0.25, -0.2) is 4.79 Å². The zero-order valence-corrected chi connectivity index (χ0v) is 20.3. The number of hydrogen-bond donors (Lipinski definition) is 3. The largest absolute Gasteiger partial charge is 0.449 e. The van der Waals surface area contributed by atoms with Crippen molar-refractivity contribution >= 4 is 51.6 Å². The number of nitrogens with one attached hydrogen (secondary N) is 3. The molecule has 1 fully saturated rings. The van der Waals surface area contributed by atoms with E-state index in [1.54, 1.807) is 61.1 Å². The maximum Gasteiger partial charge on any atom is 0.411 e. The number of halogens is 1. The van der Waals surface area contributed by atoms with E-state index in [0.29, 0.717) is 34.5 Å². The molecule has 0 unspecified atom stereocenters. The molecule has 0 saturated carbocycles. The first-order valence-electron chi connectivity index (χ1n) is 11.8. The molecular weight excluding hydrogens is 478 g/mol. The normalized spacial score (nSPS) is 14.0. The van der Waals surface area contributed by atoms with Crippen LogP contribution < -0.4 is 15.5 Å². The molecule has 1 saturated heterocycles. The average molecular weight is 504 g/mol. The van der Waals surface area contributed by atoms with E-state index in [1.807, 2.05) is 12.1 Å². The first-order chi connectivity index (χ1) is 17.6. The van der Waals surface area contributed by atoms with Crippen LogP contribution in [-0.2, 0) is 4.74 Å². The molecule has 2 aromatic carbocycles. The lowest BCUT2D eigenvalue weighted by Gasteiger charge is -2.33. The van der Waals surface area contributed by atoms with Gasteiger partial charge in [-0.05, 0) is 55.2 Å². The molecule has 2 aromatic heterocycles. The Kier molecular flexibility index (Phi) is 7.04. The molecule has 0 atom stereocenters. The molecule has 3 heterocycles. The lowest BCUT2D eigenvalue weighted by atomic mass is 9.97. The van der Waals surface area contributed by atoms with Gasteiger partial charge in [0, 0.05) is 53.8 Å². The molecule has 0 aliphatic carbocycles. The molecule has 0 bridgehead atoms. The quantitative estimate of drug-likeness (QED) is 0.302. The minimum Gasteiger partial charge on any atom is -0.449 e. The number of benzene rings is 2. The Hall–Kier alpha value is -4.04. The third-order valence-corrected chi connectivity index (χ3v) is 6.71. The van der Waals surface area contributed by atoms with E-state index in [9.17, 15) is 9.59 Å². The third kappa shape index (κ3) is 5.44. The van der Waals surface area contributed by atoms with Crippen LogP contribution in [0.5, 0.6) is 0 Å². The van der Waals surface area contributed by atoms with E-state index in [0.717, 1.165) is 42.5 Å². The summed E-state index contributed by atoms with van der Waals surface area (Å²) in [5, 5.41) is 7.07. The van der Waals surface area contributed by atoms with E-state index in [1.165, 1.54) is 0 Å². The monoisotopic (exact) mass is 503 g/mol. The SMILES string of the molecule is O=C(Nc1ccccc1NC(=O)c1ccc2c(Cl)c[nH]c2c1)OCC1CCN(c2ccncc2)CC1. The number of pyridine rings is 1. The van der Waals surface area contributed by atoms with E-state index in [-0.39, 0.29) is 5.91 Å². The molecule has 0 spiro atoms. The Morgan fingerprint density at radius 1 is 1.03 bits per heavy atom. The number of carbonyl (C=O) groups is 2. The van der Waals surface area contributed by atoms with Crippen molar-refractivity contribution in [3.8, 4) is 0 Å². The van der Waals surface area contributed by atoms with E-state index in [2.05, 4.69) is 25.5 Å². The standard InChI is InChI=1S/C27H26ClN5O3/c28-22-16-30-25-15-19(5-6-21(22)25)26(34)31-23-3-1-2-4-24(23)32-27(35)36-17-18-9-13-33(14-10-18)20-7-11-29-12-8-20/h1-8,11-12,15-16,18,30H,9-10,13-14,17H2,(H,31,34)(H,32,35). The van der Waals surface area contributed by atoms with Gasteiger partial charge in [-0.1, -0.05) is 29.8 Å². The van der Waals surface area contributed by atoms with Crippen molar-refractivity contribution in [1.29, 1.82) is 0 Å². The van der Waals surface area contributed by atoms with Crippen molar-refractivity contribution in [2.75, 3.05) is 35.2 Å². The average Bonchev–Trinajstić information content (AvgIpc) is 3.29. The Labute approximate surface area is 213 Å². The number of amides is 2. The molecule has 8 nitrogen and oxygen atoms in total. The molecule has 2 amide bonds.